The van der Waals surface area contributed by atoms with Crippen molar-refractivity contribution in [2.24, 2.45) is 0 Å². The minimum atomic E-state index is -3.43. The van der Waals surface area contributed by atoms with Crippen LogP contribution in [-0.4, -0.2) is 26.4 Å². The average Bonchev–Trinajstić information content (AvgIpc) is 2.54. The van der Waals surface area contributed by atoms with Gasteiger partial charge in [0.1, 0.15) is 0 Å². The number of rotatable bonds is 5. The fraction of sp³-hybridized carbons (Fsp3) is 0.143. The lowest BCUT2D eigenvalue weighted by Gasteiger charge is -2.07. The second-order valence-corrected chi connectivity index (χ2v) is 6.16. The molecule has 0 radical (unpaired) electrons. The maximum Gasteiger partial charge on any atom is 0.251 e. The van der Waals surface area contributed by atoms with Crippen LogP contribution < -0.4 is 10.0 Å². The molecule has 0 bridgehead atoms. The van der Waals surface area contributed by atoms with Gasteiger partial charge in [0.05, 0.1) is 4.90 Å². The number of nitrogens with one attached hydrogen (secondary N) is 2. The predicted molar refractivity (Wildman–Crippen MR) is 78.1 cm³/mol. The van der Waals surface area contributed by atoms with Gasteiger partial charge in [0.25, 0.3) is 5.91 Å². The molecular formula is C14H15N3O3S. The minimum absolute atomic E-state index is 0.189. The SMILES string of the molecule is CNS(=O)(=O)c1ccc(CNC(=O)c2ccncc2)cc1. The van der Waals surface area contributed by atoms with E-state index in [0.717, 1.165) is 5.56 Å². The van der Waals surface area contributed by atoms with Crippen LogP contribution in [0.2, 0.25) is 0 Å². The first kappa shape index (κ1) is 15.1. The Labute approximate surface area is 123 Å². The van der Waals surface area contributed by atoms with Gasteiger partial charge in [-0.25, -0.2) is 13.1 Å². The Morgan fingerprint density at radius 3 is 2.29 bits per heavy atom. The van der Waals surface area contributed by atoms with Crippen LogP contribution in [0.3, 0.4) is 0 Å². The number of nitrogens with zero attached hydrogens (tertiary/aromatic N) is 1. The van der Waals surface area contributed by atoms with Crippen LogP contribution in [0.4, 0.5) is 0 Å². The van der Waals surface area contributed by atoms with Crippen molar-refractivity contribution in [1.29, 1.82) is 0 Å². The highest BCUT2D eigenvalue weighted by molar-refractivity contribution is 7.89. The summed E-state index contributed by atoms with van der Waals surface area (Å²) in [5, 5.41) is 2.76. The van der Waals surface area contributed by atoms with Gasteiger partial charge < -0.3 is 5.32 Å². The highest BCUT2D eigenvalue weighted by Crippen LogP contribution is 2.10. The van der Waals surface area contributed by atoms with Gasteiger partial charge in [-0.05, 0) is 36.9 Å². The van der Waals surface area contributed by atoms with Crippen molar-refractivity contribution in [2.75, 3.05) is 7.05 Å². The van der Waals surface area contributed by atoms with Gasteiger partial charge in [-0.1, -0.05) is 12.1 Å². The van der Waals surface area contributed by atoms with Crippen LogP contribution in [-0.2, 0) is 16.6 Å². The summed E-state index contributed by atoms with van der Waals surface area (Å²) in [6, 6.07) is 9.57. The highest BCUT2D eigenvalue weighted by Gasteiger charge is 2.10. The van der Waals surface area contributed by atoms with Crippen molar-refractivity contribution >= 4 is 15.9 Å². The molecule has 2 aromatic rings. The van der Waals surface area contributed by atoms with Crippen molar-refractivity contribution in [3.63, 3.8) is 0 Å². The van der Waals surface area contributed by atoms with Gasteiger partial charge in [-0.15, -0.1) is 0 Å². The lowest BCUT2D eigenvalue weighted by Crippen LogP contribution is -2.23. The van der Waals surface area contributed by atoms with E-state index in [4.69, 9.17) is 0 Å². The second kappa shape index (κ2) is 6.47. The number of hydrogen-bond acceptors (Lipinski definition) is 4. The highest BCUT2D eigenvalue weighted by atomic mass is 32.2. The number of benzene rings is 1. The summed E-state index contributed by atoms with van der Waals surface area (Å²) >= 11 is 0. The Kier molecular flexibility index (Phi) is 4.66. The molecule has 2 N–H and O–H groups in total. The summed E-state index contributed by atoms with van der Waals surface area (Å²) in [5.41, 5.74) is 1.34. The summed E-state index contributed by atoms with van der Waals surface area (Å²) in [5.74, 6) is -0.204. The molecule has 110 valence electrons. The number of pyridine rings is 1. The standard InChI is InChI=1S/C14H15N3O3S/c1-15-21(19,20)13-4-2-11(3-5-13)10-17-14(18)12-6-8-16-9-7-12/h2-9,15H,10H2,1H3,(H,17,18). The van der Waals surface area contributed by atoms with Gasteiger partial charge >= 0.3 is 0 Å². The average molecular weight is 305 g/mol. The molecular weight excluding hydrogens is 290 g/mol. The molecule has 2 rings (SSSR count). The summed E-state index contributed by atoms with van der Waals surface area (Å²) in [7, 11) is -2.07. The van der Waals surface area contributed by atoms with Crippen molar-refractivity contribution in [3.05, 3.63) is 59.9 Å². The van der Waals surface area contributed by atoms with Crippen LogP contribution in [0.5, 0.6) is 0 Å². The van der Waals surface area contributed by atoms with Crippen molar-refractivity contribution < 1.29 is 13.2 Å². The summed E-state index contributed by atoms with van der Waals surface area (Å²) in [6.45, 7) is 0.320. The van der Waals surface area contributed by atoms with Gasteiger partial charge in [-0.2, -0.15) is 0 Å². The Bertz CT molecular complexity index is 713. The van der Waals surface area contributed by atoms with Gasteiger partial charge in [-0.3, -0.25) is 9.78 Å². The largest absolute Gasteiger partial charge is 0.348 e. The molecule has 0 saturated carbocycles. The predicted octanol–water partition coefficient (Wildman–Crippen LogP) is 0.920. The van der Waals surface area contributed by atoms with Crippen molar-refractivity contribution in [1.82, 2.24) is 15.0 Å². The molecule has 0 fully saturated rings. The summed E-state index contributed by atoms with van der Waals surface area (Å²) in [4.78, 5) is 15.9. The number of aromatic nitrogens is 1. The first-order chi connectivity index (χ1) is 10.0. The lowest BCUT2D eigenvalue weighted by atomic mass is 10.2. The van der Waals surface area contributed by atoms with E-state index in [1.165, 1.54) is 19.2 Å². The third kappa shape index (κ3) is 3.87. The molecule has 0 aliphatic rings. The number of hydrogen-bond donors (Lipinski definition) is 2. The van der Waals surface area contributed by atoms with E-state index in [9.17, 15) is 13.2 Å². The van der Waals surface area contributed by atoms with E-state index in [-0.39, 0.29) is 10.8 Å². The Morgan fingerprint density at radius 2 is 1.71 bits per heavy atom. The van der Waals surface area contributed by atoms with Crippen molar-refractivity contribution in [3.8, 4) is 0 Å². The first-order valence-corrected chi connectivity index (χ1v) is 7.72. The number of carbonyl (C=O) groups is 1. The minimum Gasteiger partial charge on any atom is -0.348 e. The Morgan fingerprint density at radius 1 is 1.10 bits per heavy atom. The maximum atomic E-state index is 11.8. The molecule has 0 spiro atoms. The zero-order valence-electron chi connectivity index (χ0n) is 11.4. The van der Waals surface area contributed by atoms with E-state index < -0.39 is 10.0 Å². The lowest BCUT2D eigenvalue weighted by molar-refractivity contribution is 0.0951. The molecule has 0 unspecified atom stereocenters. The molecule has 0 aliphatic heterocycles. The molecule has 7 heteroatoms. The fourth-order valence-electron chi connectivity index (χ4n) is 1.69. The molecule has 1 amide bonds. The van der Waals surface area contributed by atoms with E-state index in [1.54, 1.807) is 36.7 Å². The summed E-state index contributed by atoms with van der Waals surface area (Å²) in [6.07, 6.45) is 3.10. The van der Waals surface area contributed by atoms with Crippen LogP contribution in [0.15, 0.2) is 53.7 Å². The van der Waals surface area contributed by atoms with E-state index in [1.807, 2.05) is 0 Å². The Hall–Kier alpha value is -2.25. The third-order valence-electron chi connectivity index (χ3n) is 2.90. The summed E-state index contributed by atoms with van der Waals surface area (Å²) < 4.78 is 25.4. The van der Waals surface area contributed by atoms with Crippen LogP contribution in [0.1, 0.15) is 15.9 Å². The maximum absolute atomic E-state index is 11.8. The smallest absolute Gasteiger partial charge is 0.251 e. The molecule has 21 heavy (non-hydrogen) atoms. The topological polar surface area (TPSA) is 88.2 Å². The molecule has 0 saturated heterocycles. The van der Waals surface area contributed by atoms with Crippen molar-refractivity contribution in [2.45, 2.75) is 11.4 Å². The van der Waals surface area contributed by atoms with Gasteiger partial charge in [0.15, 0.2) is 0 Å². The Balaban J connectivity index is 2.00. The quantitative estimate of drug-likeness (QED) is 0.860. The number of amides is 1. The van der Waals surface area contributed by atoms with E-state index in [2.05, 4.69) is 15.0 Å². The number of carbonyl (C=O) groups excluding carboxylic acids is 1. The molecule has 0 aliphatic carbocycles. The van der Waals surface area contributed by atoms with E-state index in [0.29, 0.717) is 12.1 Å². The van der Waals surface area contributed by atoms with Gasteiger partial charge in [0, 0.05) is 24.5 Å². The molecule has 6 nitrogen and oxygen atoms in total. The zero-order chi connectivity index (χ0) is 15.3. The molecule has 1 heterocycles. The second-order valence-electron chi connectivity index (χ2n) is 4.27. The molecule has 1 aromatic carbocycles. The number of sulfonamides is 1. The normalized spacial score (nSPS) is 11.1. The van der Waals surface area contributed by atoms with Crippen LogP contribution >= 0.6 is 0 Å². The zero-order valence-corrected chi connectivity index (χ0v) is 12.2. The first-order valence-electron chi connectivity index (χ1n) is 6.23. The molecule has 1 aromatic heterocycles. The fourth-order valence-corrected chi connectivity index (χ4v) is 2.42. The molecule has 0 atom stereocenters. The van der Waals surface area contributed by atoms with Gasteiger partial charge in [0.2, 0.25) is 10.0 Å². The van der Waals surface area contributed by atoms with Crippen LogP contribution in [0, 0.1) is 0 Å². The van der Waals surface area contributed by atoms with Crippen LogP contribution in [0.25, 0.3) is 0 Å². The third-order valence-corrected chi connectivity index (χ3v) is 4.33. The monoisotopic (exact) mass is 305 g/mol. The van der Waals surface area contributed by atoms with E-state index >= 15 is 0 Å².